The zero-order valence-corrected chi connectivity index (χ0v) is 11.7. The van der Waals surface area contributed by atoms with Crippen molar-refractivity contribution < 1.29 is 14.3 Å². The van der Waals surface area contributed by atoms with Gasteiger partial charge in [0.05, 0.1) is 32.5 Å². The molecule has 1 amide bonds. The molecule has 0 bridgehead atoms. The van der Waals surface area contributed by atoms with Crippen molar-refractivity contribution in [2.75, 3.05) is 40.0 Å². The Balaban J connectivity index is 1.65. The van der Waals surface area contributed by atoms with Gasteiger partial charge >= 0.3 is 0 Å². The van der Waals surface area contributed by atoms with Crippen LogP contribution in [0.15, 0.2) is 24.5 Å². The lowest BCUT2D eigenvalue weighted by Crippen LogP contribution is -2.42. The highest BCUT2D eigenvalue weighted by Crippen LogP contribution is 2.01. The van der Waals surface area contributed by atoms with Crippen molar-refractivity contribution in [1.82, 2.24) is 15.2 Å². The Labute approximate surface area is 119 Å². The van der Waals surface area contributed by atoms with E-state index in [1.807, 2.05) is 24.1 Å². The molecular weight excluding hydrogens is 258 g/mol. The van der Waals surface area contributed by atoms with Crippen LogP contribution in [-0.2, 0) is 20.8 Å². The average Bonchev–Trinajstić information content (AvgIpc) is 2.47. The van der Waals surface area contributed by atoms with Gasteiger partial charge in [0.25, 0.3) is 0 Å². The van der Waals surface area contributed by atoms with E-state index >= 15 is 0 Å². The highest BCUT2D eigenvalue weighted by atomic mass is 16.6. The fourth-order valence-electron chi connectivity index (χ4n) is 2.04. The number of aromatic nitrogens is 1. The number of ether oxygens (including phenoxy) is 2. The molecule has 2 heterocycles. The standard InChI is InChI=1S/C14H21N3O3/c1-17(9-12-2-4-15-5-3-12)10-14(18)16-8-13-11-19-6-7-20-13/h2-5,13H,6-11H2,1H3,(H,16,18). The Morgan fingerprint density at radius 1 is 1.45 bits per heavy atom. The minimum absolute atomic E-state index is 0.00395. The van der Waals surface area contributed by atoms with Gasteiger partial charge in [0.2, 0.25) is 5.91 Å². The summed E-state index contributed by atoms with van der Waals surface area (Å²) in [5.41, 5.74) is 1.14. The van der Waals surface area contributed by atoms with Crippen LogP contribution in [0.5, 0.6) is 0 Å². The van der Waals surface area contributed by atoms with Crippen molar-refractivity contribution in [3.63, 3.8) is 0 Å². The predicted octanol–water partition coefficient (Wildman–Crippen LogP) is 0.0450. The Kier molecular flexibility index (Phi) is 5.91. The molecule has 1 unspecified atom stereocenters. The third kappa shape index (κ3) is 5.24. The first-order chi connectivity index (χ1) is 9.74. The monoisotopic (exact) mass is 279 g/mol. The van der Waals surface area contributed by atoms with Gasteiger partial charge in [-0.1, -0.05) is 0 Å². The van der Waals surface area contributed by atoms with Crippen LogP contribution in [-0.4, -0.2) is 61.9 Å². The molecule has 1 saturated heterocycles. The van der Waals surface area contributed by atoms with Crippen molar-refractivity contribution in [2.24, 2.45) is 0 Å². The van der Waals surface area contributed by atoms with E-state index in [4.69, 9.17) is 9.47 Å². The number of nitrogens with zero attached hydrogens (tertiary/aromatic N) is 2. The van der Waals surface area contributed by atoms with E-state index in [-0.39, 0.29) is 12.0 Å². The van der Waals surface area contributed by atoms with Gasteiger partial charge in [-0.2, -0.15) is 0 Å². The summed E-state index contributed by atoms with van der Waals surface area (Å²) in [6, 6.07) is 3.89. The maximum Gasteiger partial charge on any atom is 0.234 e. The molecule has 6 nitrogen and oxygen atoms in total. The molecule has 20 heavy (non-hydrogen) atoms. The molecule has 0 radical (unpaired) electrons. The van der Waals surface area contributed by atoms with Crippen LogP contribution in [0.3, 0.4) is 0 Å². The quantitative estimate of drug-likeness (QED) is 0.797. The molecule has 1 aliphatic heterocycles. The fraction of sp³-hybridized carbons (Fsp3) is 0.571. The number of carbonyl (C=O) groups excluding carboxylic acids is 1. The van der Waals surface area contributed by atoms with Crippen LogP contribution in [0.4, 0.5) is 0 Å². The van der Waals surface area contributed by atoms with Gasteiger partial charge in [-0.05, 0) is 24.7 Å². The van der Waals surface area contributed by atoms with Crippen LogP contribution in [0.25, 0.3) is 0 Å². The lowest BCUT2D eigenvalue weighted by Gasteiger charge is -2.23. The van der Waals surface area contributed by atoms with Gasteiger partial charge < -0.3 is 14.8 Å². The van der Waals surface area contributed by atoms with Crippen LogP contribution < -0.4 is 5.32 Å². The molecule has 0 saturated carbocycles. The Morgan fingerprint density at radius 3 is 2.95 bits per heavy atom. The minimum Gasteiger partial charge on any atom is -0.376 e. The van der Waals surface area contributed by atoms with Crippen LogP contribution in [0.1, 0.15) is 5.56 Å². The first kappa shape index (κ1) is 14.9. The van der Waals surface area contributed by atoms with E-state index in [1.165, 1.54) is 0 Å². The summed E-state index contributed by atoms with van der Waals surface area (Å²) in [4.78, 5) is 17.8. The molecule has 1 aliphatic rings. The summed E-state index contributed by atoms with van der Waals surface area (Å²) in [7, 11) is 1.92. The molecule has 0 aromatic carbocycles. The Bertz CT molecular complexity index is 407. The summed E-state index contributed by atoms with van der Waals surface area (Å²) >= 11 is 0. The topological polar surface area (TPSA) is 63.7 Å². The van der Waals surface area contributed by atoms with Gasteiger partial charge in [-0.25, -0.2) is 0 Å². The third-order valence-electron chi connectivity index (χ3n) is 3.03. The Hall–Kier alpha value is -1.50. The zero-order chi connectivity index (χ0) is 14.2. The number of rotatable bonds is 6. The summed E-state index contributed by atoms with van der Waals surface area (Å²) in [6.07, 6.45) is 3.48. The molecule has 1 aromatic rings. The normalized spacial score (nSPS) is 19.0. The van der Waals surface area contributed by atoms with Crippen molar-refractivity contribution in [2.45, 2.75) is 12.6 Å². The number of amides is 1. The molecule has 1 atom stereocenters. The summed E-state index contributed by atoms with van der Waals surface area (Å²) in [5, 5.41) is 2.87. The molecular formula is C14H21N3O3. The highest BCUT2D eigenvalue weighted by Gasteiger charge is 2.15. The minimum atomic E-state index is -0.0294. The van der Waals surface area contributed by atoms with Crippen LogP contribution >= 0.6 is 0 Å². The van der Waals surface area contributed by atoms with E-state index < -0.39 is 0 Å². The van der Waals surface area contributed by atoms with Crippen molar-refractivity contribution in [3.05, 3.63) is 30.1 Å². The largest absolute Gasteiger partial charge is 0.376 e. The van der Waals surface area contributed by atoms with Crippen molar-refractivity contribution >= 4 is 5.91 Å². The number of carbonyl (C=O) groups is 1. The second-order valence-corrected chi connectivity index (χ2v) is 4.90. The van der Waals surface area contributed by atoms with Crippen LogP contribution in [0, 0.1) is 0 Å². The van der Waals surface area contributed by atoms with Gasteiger partial charge in [-0.15, -0.1) is 0 Å². The molecule has 1 N–H and O–H groups in total. The van der Waals surface area contributed by atoms with E-state index in [9.17, 15) is 4.79 Å². The van der Waals surface area contributed by atoms with E-state index in [2.05, 4.69) is 10.3 Å². The zero-order valence-electron chi connectivity index (χ0n) is 11.7. The van der Waals surface area contributed by atoms with Gasteiger partial charge in [0.1, 0.15) is 0 Å². The van der Waals surface area contributed by atoms with Gasteiger partial charge in [0, 0.05) is 25.5 Å². The lowest BCUT2D eigenvalue weighted by molar-refractivity contribution is -0.124. The predicted molar refractivity (Wildman–Crippen MR) is 74.1 cm³/mol. The SMILES string of the molecule is CN(CC(=O)NCC1COCCO1)Cc1ccncc1. The van der Waals surface area contributed by atoms with Crippen molar-refractivity contribution in [3.8, 4) is 0 Å². The van der Waals surface area contributed by atoms with Crippen molar-refractivity contribution in [1.29, 1.82) is 0 Å². The molecule has 0 spiro atoms. The molecule has 110 valence electrons. The smallest absolute Gasteiger partial charge is 0.234 e. The maximum atomic E-state index is 11.8. The molecule has 0 aliphatic carbocycles. The number of hydrogen-bond donors (Lipinski definition) is 1. The fourth-order valence-corrected chi connectivity index (χ4v) is 2.04. The molecule has 1 fully saturated rings. The molecule has 2 rings (SSSR count). The molecule has 1 aromatic heterocycles. The lowest BCUT2D eigenvalue weighted by atomic mass is 10.2. The maximum absolute atomic E-state index is 11.8. The van der Waals surface area contributed by atoms with Gasteiger partial charge in [-0.3, -0.25) is 14.7 Å². The van der Waals surface area contributed by atoms with E-state index in [0.717, 1.165) is 12.1 Å². The first-order valence-corrected chi connectivity index (χ1v) is 6.77. The third-order valence-corrected chi connectivity index (χ3v) is 3.03. The van der Waals surface area contributed by atoms with E-state index in [1.54, 1.807) is 12.4 Å². The van der Waals surface area contributed by atoms with E-state index in [0.29, 0.717) is 32.9 Å². The van der Waals surface area contributed by atoms with Crippen LogP contribution in [0.2, 0.25) is 0 Å². The summed E-state index contributed by atoms with van der Waals surface area (Å²) < 4.78 is 10.8. The number of pyridine rings is 1. The Morgan fingerprint density at radius 2 is 2.25 bits per heavy atom. The first-order valence-electron chi connectivity index (χ1n) is 6.77. The second kappa shape index (κ2) is 7.94. The molecule has 6 heteroatoms. The second-order valence-electron chi connectivity index (χ2n) is 4.90. The number of hydrogen-bond acceptors (Lipinski definition) is 5. The highest BCUT2D eigenvalue weighted by molar-refractivity contribution is 5.77. The number of nitrogens with one attached hydrogen (secondary N) is 1. The average molecular weight is 279 g/mol. The summed E-state index contributed by atoms with van der Waals surface area (Å²) in [6.45, 7) is 3.37. The summed E-state index contributed by atoms with van der Waals surface area (Å²) in [5.74, 6) is -0.00395. The number of likely N-dealkylation sites (N-methyl/N-ethyl adjacent to an activating group) is 1. The van der Waals surface area contributed by atoms with Gasteiger partial charge in [0.15, 0.2) is 0 Å².